The molecule has 0 unspecified atom stereocenters. The summed E-state index contributed by atoms with van der Waals surface area (Å²) in [5, 5.41) is 1.12. The van der Waals surface area contributed by atoms with Crippen molar-refractivity contribution in [3.05, 3.63) is 73.5 Å². The Bertz CT molecular complexity index is 993. The molecule has 3 rings (SSSR count). The number of carbonyl (C=O) groups is 1. The van der Waals surface area contributed by atoms with Crippen molar-refractivity contribution < 1.29 is 13.9 Å². The maximum Gasteiger partial charge on any atom is 0.336 e. The van der Waals surface area contributed by atoms with Gasteiger partial charge in [0.2, 0.25) is 0 Å². The van der Waals surface area contributed by atoms with Crippen LogP contribution in [-0.2, 0) is 6.42 Å². The molecule has 3 aromatic rings. The molecule has 0 saturated carbocycles. The van der Waals surface area contributed by atoms with Gasteiger partial charge in [-0.05, 0) is 30.2 Å². The van der Waals surface area contributed by atoms with E-state index in [0.29, 0.717) is 28.3 Å². The summed E-state index contributed by atoms with van der Waals surface area (Å²) in [6.45, 7) is 1.79. The van der Waals surface area contributed by atoms with E-state index in [1.54, 1.807) is 36.4 Å². The number of carbonyl (C=O) groups excluding carboxylic acids is 1. The summed E-state index contributed by atoms with van der Waals surface area (Å²) in [5.41, 5.74) is 1.36. The summed E-state index contributed by atoms with van der Waals surface area (Å²) in [7, 11) is 0. The SMILES string of the molecule is CCc1cc(=O)oc2cc(OCC(=O)c3ccc(Br)cc3)c(Cl)cc12. The highest BCUT2D eigenvalue weighted by Gasteiger charge is 2.12. The smallest absolute Gasteiger partial charge is 0.336 e. The van der Waals surface area contributed by atoms with Crippen molar-refractivity contribution in [3.63, 3.8) is 0 Å². The predicted octanol–water partition coefficient (Wildman–Crippen LogP) is 5.03. The highest BCUT2D eigenvalue weighted by atomic mass is 79.9. The monoisotopic (exact) mass is 420 g/mol. The Morgan fingerprint density at radius 3 is 2.60 bits per heavy atom. The number of benzene rings is 2. The van der Waals surface area contributed by atoms with E-state index >= 15 is 0 Å². The van der Waals surface area contributed by atoms with Gasteiger partial charge in [0.1, 0.15) is 11.3 Å². The van der Waals surface area contributed by atoms with Crippen molar-refractivity contribution in [3.8, 4) is 5.75 Å². The molecular weight excluding hydrogens is 408 g/mol. The highest BCUT2D eigenvalue weighted by Crippen LogP contribution is 2.31. The second-order valence-electron chi connectivity index (χ2n) is 5.44. The van der Waals surface area contributed by atoms with Crippen LogP contribution in [0, 0.1) is 0 Å². The van der Waals surface area contributed by atoms with Gasteiger partial charge in [0, 0.05) is 27.6 Å². The molecule has 0 aliphatic heterocycles. The van der Waals surface area contributed by atoms with Crippen LogP contribution in [0.1, 0.15) is 22.8 Å². The second kappa shape index (κ2) is 7.42. The molecule has 0 aliphatic carbocycles. The van der Waals surface area contributed by atoms with E-state index in [1.807, 2.05) is 6.92 Å². The van der Waals surface area contributed by atoms with Crippen LogP contribution in [0.15, 0.2) is 56.1 Å². The average Bonchev–Trinajstić information content (AvgIpc) is 2.60. The molecule has 1 aromatic heterocycles. The number of halogens is 2. The molecule has 0 saturated heterocycles. The zero-order chi connectivity index (χ0) is 18.0. The van der Waals surface area contributed by atoms with Gasteiger partial charge >= 0.3 is 5.63 Å². The molecular formula is C19H14BrClO4. The number of hydrogen-bond donors (Lipinski definition) is 0. The third kappa shape index (κ3) is 3.94. The molecule has 0 aliphatic rings. The minimum atomic E-state index is -0.427. The molecule has 2 aromatic carbocycles. The second-order valence-corrected chi connectivity index (χ2v) is 6.76. The molecule has 0 amide bonds. The third-order valence-electron chi connectivity index (χ3n) is 3.79. The maximum absolute atomic E-state index is 12.2. The van der Waals surface area contributed by atoms with E-state index in [1.165, 1.54) is 6.07 Å². The number of rotatable bonds is 5. The zero-order valence-corrected chi connectivity index (χ0v) is 15.7. The van der Waals surface area contributed by atoms with Crippen LogP contribution in [0.25, 0.3) is 11.0 Å². The van der Waals surface area contributed by atoms with E-state index in [4.69, 9.17) is 20.8 Å². The van der Waals surface area contributed by atoms with Crippen LogP contribution >= 0.6 is 27.5 Å². The zero-order valence-electron chi connectivity index (χ0n) is 13.3. The van der Waals surface area contributed by atoms with Gasteiger partial charge in [0.15, 0.2) is 12.4 Å². The van der Waals surface area contributed by atoms with E-state index in [2.05, 4.69) is 15.9 Å². The molecule has 0 N–H and O–H groups in total. The molecule has 0 bridgehead atoms. The van der Waals surface area contributed by atoms with Crippen molar-refractivity contribution in [1.29, 1.82) is 0 Å². The quantitative estimate of drug-likeness (QED) is 0.428. The summed E-state index contributed by atoms with van der Waals surface area (Å²) in [6, 6.07) is 11.7. The fourth-order valence-corrected chi connectivity index (χ4v) is 2.98. The van der Waals surface area contributed by atoms with E-state index in [9.17, 15) is 9.59 Å². The average molecular weight is 422 g/mol. The number of ketones is 1. The van der Waals surface area contributed by atoms with Crippen LogP contribution in [-0.4, -0.2) is 12.4 Å². The Kier molecular flexibility index (Phi) is 5.25. The van der Waals surface area contributed by atoms with Crippen molar-refractivity contribution in [2.45, 2.75) is 13.3 Å². The first kappa shape index (κ1) is 17.7. The van der Waals surface area contributed by atoms with E-state index < -0.39 is 5.63 Å². The van der Waals surface area contributed by atoms with Crippen molar-refractivity contribution in [2.24, 2.45) is 0 Å². The Morgan fingerprint density at radius 1 is 1.20 bits per heavy atom. The predicted molar refractivity (Wildman–Crippen MR) is 101 cm³/mol. The van der Waals surface area contributed by atoms with Gasteiger partial charge in [-0.1, -0.05) is 46.6 Å². The molecule has 0 atom stereocenters. The summed E-state index contributed by atoms with van der Waals surface area (Å²) in [6.07, 6.45) is 0.681. The molecule has 25 heavy (non-hydrogen) atoms. The number of hydrogen-bond acceptors (Lipinski definition) is 4. The minimum Gasteiger partial charge on any atom is -0.484 e. The number of Topliss-reactive ketones (excluding diaryl/α,β-unsaturated/α-hetero) is 1. The lowest BCUT2D eigenvalue weighted by Gasteiger charge is -2.10. The van der Waals surface area contributed by atoms with Gasteiger partial charge in [-0.3, -0.25) is 4.79 Å². The standard InChI is InChI=1S/C19H14BrClO4/c1-2-11-7-19(23)25-17-9-18(15(21)8-14(11)17)24-10-16(22)12-3-5-13(20)6-4-12/h3-9H,2,10H2,1H3. The topological polar surface area (TPSA) is 56.5 Å². The number of ether oxygens (including phenoxy) is 1. The maximum atomic E-state index is 12.2. The third-order valence-corrected chi connectivity index (χ3v) is 4.61. The molecule has 4 nitrogen and oxygen atoms in total. The van der Waals surface area contributed by atoms with Crippen LogP contribution in [0.3, 0.4) is 0 Å². The molecule has 0 radical (unpaired) electrons. The first-order chi connectivity index (χ1) is 12.0. The lowest BCUT2D eigenvalue weighted by atomic mass is 10.1. The highest BCUT2D eigenvalue weighted by molar-refractivity contribution is 9.10. The molecule has 1 heterocycles. The normalized spacial score (nSPS) is 10.8. The first-order valence-corrected chi connectivity index (χ1v) is 8.83. The van der Waals surface area contributed by atoms with Gasteiger partial charge < -0.3 is 9.15 Å². The fraction of sp³-hybridized carbons (Fsp3) is 0.158. The molecule has 0 fully saturated rings. The van der Waals surface area contributed by atoms with Crippen LogP contribution in [0.4, 0.5) is 0 Å². The van der Waals surface area contributed by atoms with E-state index in [-0.39, 0.29) is 12.4 Å². The molecule has 6 heteroatoms. The Morgan fingerprint density at radius 2 is 1.92 bits per heavy atom. The Balaban J connectivity index is 1.86. The largest absolute Gasteiger partial charge is 0.484 e. The van der Waals surface area contributed by atoms with Crippen molar-refractivity contribution in [1.82, 2.24) is 0 Å². The van der Waals surface area contributed by atoms with Gasteiger partial charge in [0.25, 0.3) is 0 Å². The van der Waals surface area contributed by atoms with Gasteiger partial charge in [-0.25, -0.2) is 4.79 Å². The lowest BCUT2D eigenvalue weighted by Crippen LogP contribution is -2.11. The van der Waals surface area contributed by atoms with Crippen LogP contribution < -0.4 is 10.4 Å². The van der Waals surface area contributed by atoms with Crippen molar-refractivity contribution in [2.75, 3.05) is 6.61 Å². The summed E-state index contributed by atoms with van der Waals surface area (Å²) >= 11 is 9.58. The van der Waals surface area contributed by atoms with Crippen LogP contribution in [0.5, 0.6) is 5.75 Å². The van der Waals surface area contributed by atoms with Crippen LogP contribution in [0.2, 0.25) is 5.02 Å². The first-order valence-electron chi connectivity index (χ1n) is 7.65. The molecule has 128 valence electrons. The summed E-state index contributed by atoms with van der Waals surface area (Å²) in [5.74, 6) is 0.128. The minimum absolute atomic E-state index is 0.162. The number of fused-ring (bicyclic) bond motifs is 1. The van der Waals surface area contributed by atoms with E-state index in [0.717, 1.165) is 15.4 Å². The number of aryl methyl sites for hydroxylation is 1. The van der Waals surface area contributed by atoms with Gasteiger partial charge in [-0.15, -0.1) is 0 Å². The lowest BCUT2D eigenvalue weighted by molar-refractivity contribution is 0.0921. The Hall–Kier alpha value is -2.11. The fourth-order valence-electron chi connectivity index (χ4n) is 2.49. The molecule has 0 spiro atoms. The van der Waals surface area contributed by atoms with Gasteiger partial charge in [0.05, 0.1) is 5.02 Å². The summed E-state index contributed by atoms with van der Waals surface area (Å²) < 4.78 is 11.7. The van der Waals surface area contributed by atoms with Gasteiger partial charge in [-0.2, -0.15) is 0 Å². The Labute approximate surface area is 157 Å². The van der Waals surface area contributed by atoms with Crippen molar-refractivity contribution >= 4 is 44.3 Å². The summed E-state index contributed by atoms with van der Waals surface area (Å²) in [4.78, 5) is 23.8.